The van der Waals surface area contributed by atoms with Crippen LogP contribution in [0.4, 0.5) is 0 Å². The average Bonchev–Trinajstić information content (AvgIpc) is 3.17. The molecule has 1 saturated heterocycles. The number of aromatic nitrogens is 1. The molecule has 0 bridgehead atoms. The van der Waals surface area contributed by atoms with Crippen LogP contribution >= 0.6 is 11.3 Å². The molecular weight excluding hydrogens is 382 g/mol. The van der Waals surface area contributed by atoms with Gasteiger partial charge in [0.25, 0.3) is 5.91 Å². The molecule has 1 aromatic heterocycles. The Balaban J connectivity index is 1.50. The number of likely N-dealkylation sites (tertiary alicyclic amines) is 1. The quantitative estimate of drug-likeness (QED) is 0.435. The Morgan fingerprint density at radius 2 is 2.00 bits per heavy atom. The summed E-state index contributed by atoms with van der Waals surface area (Å²) in [4.78, 5) is 24.0. The molecule has 3 rings (SSSR count). The van der Waals surface area contributed by atoms with E-state index in [0.29, 0.717) is 18.0 Å². The molecule has 7 heteroatoms. The van der Waals surface area contributed by atoms with Gasteiger partial charge in [-0.3, -0.25) is 9.79 Å². The number of piperidine rings is 1. The number of rotatable bonds is 6. The van der Waals surface area contributed by atoms with E-state index in [1.807, 2.05) is 13.0 Å². The van der Waals surface area contributed by atoms with Crippen molar-refractivity contribution in [1.82, 2.24) is 20.5 Å². The van der Waals surface area contributed by atoms with Gasteiger partial charge in [-0.25, -0.2) is 4.98 Å². The van der Waals surface area contributed by atoms with Crippen LogP contribution in [0.2, 0.25) is 0 Å². The maximum atomic E-state index is 12.2. The maximum absolute atomic E-state index is 12.2. The molecule has 29 heavy (non-hydrogen) atoms. The summed E-state index contributed by atoms with van der Waals surface area (Å²) in [5, 5.41) is 6.31. The minimum absolute atomic E-state index is 0.0705. The molecule has 0 aliphatic carbocycles. The Morgan fingerprint density at radius 1 is 1.24 bits per heavy atom. The van der Waals surface area contributed by atoms with Crippen molar-refractivity contribution in [2.45, 2.75) is 26.7 Å². The monoisotopic (exact) mass is 411 g/mol. The average molecular weight is 412 g/mol. The highest BCUT2D eigenvalue weighted by Crippen LogP contribution is 2.19. The van der Waals surface area contributed by atoms with E-state index in [-0.39, 0.29) is 5.91 Å². The van der Waals surface area contributed by atoms with Crippen LogP contribution in [0.15, 0.2) is 46.4 Å². The number of benzene rings is 1. The summed E-state index contributed by atoms with van der Waals surface area (Å²) >= 11 is 1.37. The predicted octanol–water partition coefficient (Wildman–Crippen LogP) is 3.33. The third-order valence-electron chi connectivity index (χ3n) is 4.82. The standard InChI is InChI=1S/C22H29N5OS/c1-3-23-22(25-12-11-24-21(28)20-17(2)26-16-29-20)27-13-9-19(10-14-27)15-18-7-5-4-6-8-18/h4-8,15-16H,3,9-14H2,1-2H3,(H,23,25)(H,24,28). The smallest absolute Gasteiger partial charge is 0.263 e. The molecule has 6 nitrogen and oxygen atoms in total. The second kappa shape index (κ2) is 10.8. The molecule has 0 radical (unpaired) electrons. The first-order chi connectivity index (χ1) is 14.2. The number of hydrogen-bond acceptors (Lipinski definition) is 4. The number of aliphatic imine (C=N–C) groups is 1. The lowest BCUT2D eigenvalue weighted by molar-refractivity contribution is 0.0958. The van der Waals surface area contributed by atoms with Gasteiger partial charge in [-0.15, -0.1) is 11.3 Å². The molecule has 1 aromatic carbocycles. The molecular formula is C22H29N5OS. The van der Waals surface area contributed by atoms with Gasteiger partial charge in [0.2, 0.25) is 0 Å². The lowest BCUT2D eigenvalue weighted by Crippen LogP contribution is -2.44. The van der Waals surface area contributed by atoms with E-state index in [4.69, 9.17) is 4.99 Å². The van der Waals surface area contributed by atoms with Crippen molar-refractivity contribution < 1.29 is 4.79 Å². The summed E-state index contributed by atoms with van der Waals surface area (Å²) in [6.45, 7) is 7.73. The molecule has 1 amide bonds. The summed E-state index contributed by atoms with van der Waals surface area (Å²) in [5.74, 6) is 0.855. The van der Waals surface area contributed by atoms with Gasteiger partial charge in [0.1, 0.15) is 4.88 Å². The van der Waals surface area contributed by atoms with Gasteiger partial charge in [0, 0.05) is 26.2 Å². The van der Waals surface area contributed by atoms with Gasteiger partial charge < -0.3 is 15.5 Å². The highest BCUT2D eigenvalue weighted by molar-refractivity contribution is 7.11. The number of nitrogens with zero attached hydrogens (tertiary/aromatic N) is 3. The molecule has 0 unspecified atom stereocenters. The molecule has 0 atom stereocenters. The number of carbonyl (C=O) groups is 1. The lowest BCUT2D eigenvalue weighted by atomic mass is 10.0. The van der Waals surface area contributed by atoms with E-state index in [0.717, 1.165) is 44.1 Å². The highest BCUT2D eigenvalue weighted by Gasteiger charge is 2.17. The molecule has 2 heterocycles. The zero-order valence-corrected chi connectivity index (χ0v) is 18.0. The largest absolute Gasteiger partial charge is 0.357 e. The van der Waals surface area contributed by atoms with Crippen molar-refractivity contribution in [2.75, 3.05) is 32.7 Å². The first-order valence-electron chi connectivity index (χ1n) is 10.1. The van der Waals surface area contributed by atoms with Crippen molar-refractivity contribution in [2.24, 2.45) is 4.99 Å². The Labute approximate surface area is 176 Å². The number of carbonyl (C=O) groups excluding carboxylic acids is 1. The van der Waals surface area contributed by atoms with Crippen LogP contribution in [-0.4, -0.2) is 54.5 Å². The van der Waals surface area contributed by atoms with Crippen LogP contribution in [0.25, 0.3) is 6.08 Å². The summed E-state index contributed by atoms with van der Waals surface area (Å²) < 4.78 is 0. The SMILES string of the molecule is CCNC(=NCCNC(=O)c1scnc1C)N1CCC(=Cc2ccccc2)CC1. The van der Waals surface area contributed by atoms with Crippen LogP contribution in [-0.2, 0) is 0 Å². The summed E-state index contributed by atoms with van der Waals surface area (Å²) in [5.41, 5.74) is 5.22. The van der Waals surface area contributed by atoms with Gasteiger partial charge in [-0.1, -0.05) is 42.0 Å². The molecule has 2 N–H and O–H groups in total. The fraction of sp³-hybridized carbons (Fsp3) is 0.409. The van der Waals surface area contributed by atoms with Crippen molar-refractivity contribution in [1.29, 1.82) is 0 Å². The van der Waals surface area contributed by atoms with Crippen LogP contribution in [0.3, 0.4) is 0 Å². The molecule has 2 aromatic rings. The van der Waals surface area contributed by atoms with Crippen LogP contribution in [0, 0.1) is 6.92 Å². The minimum Gasteiger partial charge on any atom is -0.357 e. The zero-order valence-electron chi connectivity index (χ0n) is 17.1. The summed E-state index contributed by atoms with van der Waals surface area (Å²) in [7, 11) is 0. The third kappa shape index (κ3) is 6.15. The fourth-order valence-electron chi connectivity index (χ4n) is 3.29. The molecule has 154 valence electrons. The number of guanidine groups is 1. The number of nitrogens with one attached hydrogen (secondary N) is 2. The van der Waals surface area contributed by atoms with Gasteiger partial charge in [-0.05, 0) is 32.3 Å². The van der Waals surface area contributed by atoms with Crippen molar-refractivity contribution in [3.8, 4) is 0 Å². The maximum Gasteiger partial charge on any atom is 0.263 e. The summed E-state index contributed by atoms with van der Waals surface area (Å²) in [6.07, 6.45) is 4.39. The van der Waals surface area contributed by atoms with Gasteiger partial charge in [0.15, 0.2) is 5.96 Å². The van der Waals surface area contributed by atoms with Crippen molar-refractivity contribution in [3.63, 3.8) is 0 Å². The summed E-state index contributed by atoms with van der Waals surface area (Å²) in [6, 6.07) is 10.5. The minimum atomic E-state index is -0.0705. The Kier molecular flexibility index (Phi) is 7.81. The zero-order chi connectivity index (χ0) is 20.5. The van der Waals surface area contributed by atoms with Crippen molar-refractivity contribution in [3.05, 3.63) is 57.6 Å². The second-order valence-corrected chi connectivity index (χ2v) is 7.81. The van der Waals surface area contributed by atoms with E-state index in [9.17, 15) is 4.79 Å². The molecule has 0 spiro atoms. The number of amides is 1. The van der Waals surface area contributed by atoms with E-state index in [1.165, 1.54) is 22.5 Å². The van der Waals surface area contributed by atoms with E-state index >= 15 is 0 Å². The van der Waals surface area contributed by atoms with Gasteiger partial charge in [-0.2, -0.15) is 0 Å². The van der Waals surface area contributed by atoms with E-state index in [2.05, 4.69) is 57.8 Å². The van der Waals surface area contributed by atoms with Gasteiger partial charge >= 0.3 is 0 Å². The molecule has 1 aliphatic rings. The number of thiazole rings is 1. The topological polar surface area (TPSA) is 69.6 Å². The van der Waals surface area contributed by atoms with Crippen molar-refractivity contribution >= 4 is 29.3 Å². The molecule has 1 aliphatic heterocycles. The van der Waals surface area contributed by atoms with E-state index < -0.39 is 0 Å². The Morgan fingerprint density at radius 3 is 2.66 bits per heavy atom. The normalized spacial score (nSPS) is 14.6. The Hall–Kier alpha value is -2.67. The first kappa shape index (κ1) is 21.0. The van der Waals surface area contributed by atoms with Crippen LogP contribution in [0.1, 0.15) is 40.7 Å². The van der Waals surface area contributed by atoms with Crippen LogP contribution in [0.5, 0.6) is 0 Å². The Bertz CT molecular complexity index is 849. The number of aryl methyl sites for hydroxylation is 1. The molecule has 0 saturated carbocycles. The lowest BCUT2D eigenvalue weighted by Gasteiger charge is -2.31. The first-order valence-corrected chi connectivity index (χ1v) is 11.0. The van der Waals surface area contributed by atoms with E-state index in [1.54, 1.807) is 5.51 Å². The fourth-order valence-corrected chi connectivity index (χ4v) is 4.01. The molecule has 1 fully saturated rings. The second-order valence-electron chi connectivity index (χ2n) is 6.96. The number of hydrogen-bond donors (Lipinski definition) is 2. The van der Waals surface area contributed by atoms with Gasteiger partial charge in [0.05, 0.1) is 17.7 Å². The predicted molar refractivity (Wildman–Crippen MR) is 120 cm³/mol. The van der Waals surface area contributed by atoms with Crippen LogP contribution < -0.4 is 10.6 Å². The third-order valence-corrected chi connectivity index (χ3v) is 5.75. The highest BCUT2D eigenvalue weighted by atomic mass is 32.1.